The van der Waals surface area contributed by atoms with Gasteiger partial charge in [-0.1, -0.05) is 0 Å². The molecule has 1 aromatic heterocycles. The van der Waals surface area contributed by atoms with E-state index in [1.165, 1.54) is 0 Å². The minimum Gasteiger partial charge on any atom is -0.455 e. The van der Waals surface area contributed by atoms with Crippen LogP contribution in [-0.2, 0) is 6.18 Å². The fourth-order valence-electron chi connectivity index (χ4n) is 1.46. The van der Waals surface area contributed by atoms with Crippen LogP contribution in [0.3, 0.4) is 0 Å². The van der Waals surface area contributed by atoms with Gasteiger partial charge in [0, 0.05) is 11.0 Å². The van der Waals surface area contributed by atoms with Crippen LogP contribution < -0.4 is 10.5 Å². The highest BCUT2D eigenvalue weighted by atomic mass is 32.2. The molecule has 0 bridgehead atoms. The molecule has 2 rings (SSSR count). The quantitative estimate of drug-likeness (QED) is 0.863. The van der Waals surface area contributed by atoms with E-state index >= 15 is 0 Å². The Kier molecular flexibility index (Phi) is 4.08. The highest BCUT2D eigenvalue weighted by Crippen LogP contribution is 2.34. The third-order valence-electron chi connectivity index (χ3n) is 2.47. The van der Waals surface area contributed by atoms with Crippen molar-refractivity contribution in [2.45, 2.75) is 11.1 Å². The average molecular weight is 300 g/mol. The lowest BCUT2D eigenvalue weighted by molar-refractivity contribution is -0.141. The number of alkyl halides is 3. The number of aromatic nitrogens is 1. The zero-order chi connectivity index (χ0) is 14.8. The van der Waals surface area contributed by atoms with E-state index in [2.05, 4.69) is 4.98 Å². The Hall–Kier alpha value is -1.89. The van der Waals surface area contributed by atoms with Gasteiger partial charge in [-0.05, 0) is 30.5 Å². The Morgan fingerprint density at radius 3 is 2.40 bits per heavy atom. The van der Waals surface area contributed by atoms with E-state index in [1.54, 1.807) is 23.9 Å². The number of nitrogens with two attached hydrogens (primary N) is 1. The van der Waals surface area contributed by atoms with Gasteiger partial charge in [-0.2, -0.15) is 13.2 Å². The smallest absolute Gasteiger partial charge is 0.433 e. The molecule has 0 aliphatic rings. The van der Waals surface area contributed by atoms with Crippen LogP contribution in [0.25, 0.3) is 0 Å². The fourth-order valence-corrected chi connectivity index (χ4v) is 1.87. The summed E-state index contributed by atoms with van der Waals surface area (Å²) < 4.78 is 43.1. The average Bonchev–Trinajstić information content (AvgIpc) is 2.41. The minimum absolute atomic E-state index is 0.0481. The summed E-state index contributed by atoms with van der Waals surface area (Å²) in [6.45, 7) is 0. The van der Waals surface area contributed by atoms with Crippen LogP contribution in [0, 0.1) is 0 Å². The summed E-state index contributed by atoms with van der Waals surface area (Å²) in [5, 5.41) is 0. The van der Waals surface area contributed by atoms with Crippen molar-refractivity contribution in [3.8, 4) is 11.5 Å². The SMILES string of the molecule is CSc1ccc(Oc2cc(C(F)(F)F)ncc2N)cc1. The molecule has 0 unspecified atom stereocenters. The Morgan fingerprint density at radius 2 is 1.85 bits per heavy atom. The molecule has 0 saturated carbocycles. The van der Waals surface area contributed by atoms with Gasteiger partial charge in [0.1, 0.15) is 11.4 Å². The lowest BCUT2D eigenvalue weighted by Gasteiger charge is -2.11. The Bertz CT molecular complexity index is 600. The molecule has 20 heavy (non-hydrogen) atoms. The summed E-state index contributed by atoms with van der Waals surface area (Å²) in [6.07, 6.45) is -1.67. The van der Waals surface area contributed by atoms with Crippen molar-refractivity contribution in [3.05, 3.63) is 42.2 Å². The maximum absolute atomic E-state index is 12.6. The van der Waals surface area contributed by atoms with Crippen molar-refractivity contribution < 1.29 is 17.9 Å². The molecule has 1 heterocycles. The lowest BCUT2D eigenvalue weighted by Crippen LogP contribution is -2.08. The molecule has 0 radical (unpaired) electrons. The van der Waals surface area contributed by atoms with E-state index in [0.717, 1.165) is 17.2 Å². The van der Waals surface area contributed by atoms with Gasteiger partial charge in [-0.25, -0.2) is 4.98 Å². The number of hydrogen-bond acceptors (Lipinski definition) is 4. The second kappa shape index (κ2) is 5.62. The van der Waals surface area contributed by atoms with Gasteiger partial charge in [0.25, 0.3) is 0 Å². The number of halogens is 3. The normalized spacial score (nSPS) is 11.4. The monoisotopic (exact) mass is 300 g/mol. The molecular weight excluding hydrogens is 289 g/mol. The van der Waals surface area contributed by atoms with E-state index in [-0.39, 0.29) is 11.4 Å². The molecule has 0 fully saturated rings. The van der Waals surface area contributed by atoms with E-state index in [9.17, 15) is 13.2 Å². The van der Waals surface area contributed by atoms with Gasteiger partial charge < -0.3 is 10.5 Å². The van der Waals surface area contributed by atoms with Crippen LogP contribution in [-0.4, -0.2) is 11.2 Å². The first-order valence-corrected chi connectivity index (χ1v) is 6.77. The molecule has 7 heteroatoms. The first-order chi connectivity index (χ1) is 9.40. The first kappa shape index (κ1) is 14.5. The summed E-state index contributed by atoms with van der Waals surface area (Å²) in [6, 6.07) is 7.74. The number of nitrogen functional groups attached to an aromatic ring is 1. The van der Waals surface area contributed by atoms with E-state index in [0.29, 0.717) is 5.75 Å². The highest BCUT2D eigenvalue weighted by Gasteiger charge is 2.33. The van der Waals surface area contributed by atoms with Crippen molar-refractivity contribution in [2.75, 3.05) is 12.0 Å². The van der Waals surface area contributed by atoms with Gasteiger partial charge in [0.15, 0.2) is 5.75 Å². The summed E-state index contributed by atoms with van der Waals surface area (Å²) in [4.78, 5) is 4.27. The van der Waals surface area contributed by atoms with Crippen LogP contribution in [0.5, 0.6) is 11.5 Å². The Morgan fingerprint density at radius 1 is 1.20 bits per heavy atom. The van der Waals surface area contributed by atoms with Gasteiger partial charge in [-0.3, -0.25) is 0 Å². The molecule has 2 aromatic rings. The van der Waals surface area contributed by atoms with E-state index in [4.69, 9.17) is 10.5 Å². The molecule has 0 aliphatic heterocycles. The highest BCUT2D eigenvalue weighted by molar-refractivity contribution is 7.98. The summed E-state index contributed by atoms with van der Waals surface area (Å²) in [5.74, 6) is 0.345. The topological polar surface area (TPSA) is 48.1 Å². The number of nitrogens with zero attached hydrogens (tertiary/aromatic N) is 1. The van der Waals surface area contributed by atoms with Crippen LogP contribution in [0.2, 0.25) is 0 Å². The van der Waals surface area contributed by atoms with Crippen molar-refractivity contribution in [1.82, 2.24) is 4.98 Å². The van der Waals surface area contributed by atoms with E-state index < -0.39 is 11.9 Å². The van der Waals surface area contributed by atoms with Crippen LogP contribution in [0.1, 0.15) is 5.69 Å². The number of ether oxygens (including phenoxy) is 1. The largest absolute Gasteiger partial charge is 0.455 e. The summed E-state index contributed by atoms with van der Waals surface area (Å²) in [7, 11) is 0. The zero-order valence-corrected chi connectivity index (χ0v) is 11.3. The molecule has 1 aromatic carbocycles. The molecule has 0 aliphatic carbocycles. The maximum atomic E-state index is 12.6. The summed E-state index contributed by atoms with van der Waals surface area (Å²) in [5.41, 5.74) is 4.59. The number of rotatable bonds is 3. The van der Waals surface area contributed by atoms with Crippen molar-refractivity contribution in [1.29, 1.82) is 0 Å². The van der Waals surface area contributed by atoms with Crippen molar-refractivity contribution in [3.63, 3.8) is 0 Å². The molecule has 0 saturated heterocycles. The number of thioether (sulfide) groups is 1. The molecule has 0 spiro atoms. The molecule has 0 amide bonds. The number of anilines is 1. The number of benzene rings is 1. The van der Waals surface area contributed by atoms with Crippen molar-refractivity contribution in [2.24, 2.45) is 0 Å². The molecule has 0 atom stereocenters. The molecular formula is C13H11F3N2OS. The fraction of sp³-hybridized carbons (Fsp3) is 0.154. The molecule has 2 N–H and O–H groups in total. The van der Waals surface area contributed by atoms with Crippen LogP contribution >= 0.6 is 11.8 Å². The second-order valence-corrected chi connectivity index (χ2v) is 4.76. The van der Waals surface area contributed by atoms with Gasteiger partial charge in [0.2, 0.25) is 0 Å². The van der Waals surface area contributed by atoms with Crippen molar-refractivity contribution >= 4 is 17.4 Å². The van der Waals surface area contributed by atoms with E-state index in [1.807, 2.05) is 18.4 Å². The minimum atomic E-state index is -4.53. The van der Waals surface area contributed by atoms with Gasteiger partial charge in [0.05, 0.1) is 11.9 Å². The molecule has 106 valence electrons. The van der Waals surface area contributed by atoms with Gasteiger partial charge >= 0.3 is 6.18 Å². The van der Waals surface area contributed by atoms with Crippen LogP contribution in [0.4, 0.5) is 18.9 Å². The van der Waals surface area contributed by atoms with Crippen LogP contribution in [0.15, 0.2) is 41.4 Å². The predicted molar refractivity (Wildman–Crippen MR) is 71.9 cm³/mol. The third-order valence-corrected chi connectivity index (χ3v) is 3.22. The molecule has 3 nitrogen and oxygen atoms in total. The summed E-state index contributed by atoms with van der Waals surface area (Å²) >= 11 is 1.55. The standard InChI is InChI=1S/C13H11F3N2OS/c1-20-9-4-2-8(3-5-9)19-11-6-12(13(14,15)16)18-7-10(11)17/h2-7H,17H2,1H3. The lowest BCUT2D eigenvalue weighted by atomic mass is 10.3. The third kappa shape index (κ3) is 3.36. The maximum Gasteiger partial charge on any atom is 0.433 e. The first-order valence-electron chi connectivity index (χ1n) is 5.55. The number of hydrogen-bond donors (Lipinski definition) is 1. The van der Waals surface area contributed by atoms with Gasteiger partial charge in [-0.15, -0.1) is 11.8 Å². The Labute approximate surface area is 118 Å². The Balaban J connectivity index is 2.27. The zero-order valence-electron chi connectivity index (χ0n) is 10.4. The predicted octanol–water partition coefficient (Wildman–Crippen LogP) is 4.20. The number of pyridine rings is 1. The second-order valence-electron chi connectivity index (χ2n) is 3.88.